The molecule has 0 spiro atoms. The van der Waals surface area contributed by atoms with Crippen molar-refractivity contribution < 1.29 is 14.3 Å². The van der Waals surface area contributed by atoms with Gasteiger partial charge < -0.3 is 10.1 Å². The number of ether oxygens (including phenoxy) is 1. The first-order valence-electron chi connectivity index (χ1n) is 6.33. The number of hydrogen-bond acceptors (Lipinski definition) is 3. The van der Waals surface area contributed by atoms with Gasteiger partial charge in [0.2, 0.25) is 0 Å². The van der Waals surface area contributed by atoms with Crippen molar-refractivity contribution >= 4 is 33.9 Å². The third-order valence-electron chi connectivity index (χ3n) is 2.37. The van der Waals surface area contributed by atoms with Gasteiger partial charge in [-0.3, -0.25) is 4.79 Å². The molecule has 0 aromatic heterocycles. The van der Waals surface area contributed by atoms with Crippen molar-refractivity contribution in [2.75, 3.05) is 0 Å². The molecular formula is C15H18BrNO3. The van der Waals surface area contributed by atoms with Gasteiger partial charge in [0.1, 0.15) is 0 Å². The molecule has 1 aromatic rings. The van der Waals surface area contributed by atoms with Gasteiger partial charge in [-0.1, -0.05) is 28.1 Å². The van der Waals surface area contributed by atoms with E-state index in [9.17, 15) is 9.59 Å². The van der Waals surface area contributed by atoms with Gasteiger partial charge in [-0.25, -0.2) is 4.79 Å². The van der Waals surface area contributed by atoms with Crippen LogP contribution in [-0.2, 0) is 14.3 Å². The molecule has 0 fully saturated rings. The summed E-state index contributed by atoms with van der Waals surface area (Å²) in [6.45, 7) is 5.24. The smallest absolute Gasteiger partial charge is 0.331 e. The first-order chi connectivity index (χ1) is 9.38. The van der Waals surface area contributed by atoms with Gasteiger partial charge >= 0.3 is 5.97 Å². The fourth-order valence-electron chi connectivity index (χ4n) is 1.41. The van der Waals surface area contributed by atoms with Gasteiger partial charge in [0, 0.05) is 16.6 Å². The summed E-state index contributed by atoms with van der Waals surface area (Å²) in [5.74, 6) is -0.843. The second kappa shape index (κ2) is 7.85. The maximum Gasteiger partial charge on any atom is 0.331 e. The van der Waals surface area contributed by atoms with E-state index in [0.29, 0.717) is 0 Å². The molecule has 1 rings (SSSR count). The lowest BCUT2D eigenvalue weighted by Crippen LogP contribution is -2.39. The summed E-state index contributed by atoms with van der Waals surface area (Å²) in [6, 6.07) is 7.50. The van der Waals surface area contributed by atoms with Gasteiger partial charge in [0.25, 0.3) is 5.91 Å². The molecule has 0 saturated heterocycles. The molecule has 0 heterocycles. The molecule has 0 aliphatic heterocycles. The van der Waals surface area contributed by atoms with Crippen LogP contribution in [0.1, 0.15) is 26.3 Å². The number of benzene rings is 1. The topological polar surface area (TPSA) is 55.4 Å². The quantitative estimate of drug-likeness (QED) is 0.662. The molecule has 0 aliphatic carbocycles. The lowest BCUT2D eigenvalue weighted by atomic mass is 10.2. The molecule has 1 amide bonds. The molecule has 108 valence electrons. The van der Waals surface area contributed by atoms with Crippen LogP contribution in [0.25, 0.3) is 6.08 Å². The van der Waals surface area contributed by atoms with Crippen molar-refractivity contribution in [3.8, 4) is 0 Å². The number of amides is 1. The lowest BCUT2D eigenvalue weighted by Gasteiger charge is -2.14. The molecule has 0 aliphatic rings. The maximum absolute atomic E-state index is 11.6. The summed E-state index contributed by atoms with van der Waals surface area (Å²) in [5.41, 5.74) is 0.879. The minimum atomic E-state index is -0.806. The standard InChI is InChI=1S/C15H18BrNO3/c1-10(2)17-15(19)11(3)20-14(18)9-6-12-4-7-13(16)8-5-12/h4-11H,1-3H3,(H,17,19)/b9-6+/t11-/m1/s1. The van der Waals surface area contributed by atoms with Crippen molar-refractivity contribution in [3.63, 3.8) is 0 Å². The third kappa shape index (κ3) is 6.02. The highest BCUT2D eigenvalue weighted by atomic mass is 79.9. The van der Waals surface area contributed by atoms with E-state index in [1.54, 1.807) is 13.0 Å². The van der Waals surface area contributed by atoms with Crippen LogP contribution in [0, 0.1) is 0 Å². The van der Waals surface area contributed by atoms with Gasteiger partial charge in [-0.2, -0.15) is 0 Å². The predicted octanol–water partition coefficient (Wildman–Crippen LogP) is 2.92. The number of nitrogens with one attached hydrogen (secondary N) is 1. The van der Waals surface area contributed by atoms with E-state index in [2.05, 4.69) is 21.2 Å². The minimum absolute atomic E-state index is 0.0157. The van der Waals surface area contributed by atoms with E-state index in [0.717, 1.165) is 10.0 Å². The molecular weight excluding hydrogens is 322 g/mol. The molecule has 0 bridgehead atoms. The summed E-state index contributed by atoms with van der Waals surface area (Å²) in [6.07, 6.45) is 2.14. The van der Waals surface area contributed by atoms with E-state index in [1.807, 2.05) is 38.1 Å². The summed E-state index contributed by atoms with van der Waals surface area (Å²) in [5, 5.41) is 2.68. The number of halogens is 1. The Morgan fingerprint density at radius 3 is 2.35 bits per heavy atom. The van der Waals surface area contributed by atoms with Crippen molar-refractivity contribution in [3.05, 3.63) is 40.4 Å². The monoisotopic (exact) mass is 339 g/mol. The van der Waals surface area contributed by atoms with Gasteiger partial charge in [-0.05, 0) is 44.5 Å². The Labute approximate surface area is 127 Å². The zero-order valence-electron chi connectivity index (χ0n) is 11.7. The molecule has 1 atom stereocenters. The fourth-order valence-corrected chi connectivity index (χ4v) is 1.67. The van der Waals surface area contributed by atoms with Crippen molar-refractivity contribution in [1.82, 2.24) is 5.32 Å². The van der Waals surface area contributed by atoms with Crippen LogP contribution in [0.2, 0.25) is 0 Å². The molecule has 0 unspecified atom stereocenters. The van der Waals surface area contributed by atoms with Gasteiger partial charge in [0.05, 0.1) is 0 Å². The third-order valence-corrected chi connectivity index (χ3v) is 2.90. The first-order valence-corrected chi connectivity index (χ1v) is 7.12. The molecule has 1 N–H and O–H groups in total. The fraction of sp³-hybridized carbons (Fsp3) is 0.333. The van der Waals surface area contributed by atoms with E-state index in [1.165, 1.54) is 6.08 Å². The van der Waals surface area contributed by atoms with E-state index in [-0.39, 0.29) is 11.9 Å². The SMILES string of the molecule is CC(C)NC(=O)[C@@H](C)OC(=O)/C=C/c1ccc(Br)cc1. The second-order valence-corrected chi connectivity index (χ2v) is 5.54. The van der Waals surface area contributed by atoms with Crippen LogP contribution in [0.5, 0.6) is 0 Å². The van der Waals surface area contributed by atoms with Crippen LogP contribution >= 0.6 is 15.9 Å². The van der Waals surface area contributed by atoms with E-state index >= 15 is 0 Å². The van der Waals surface area contributed by atoms with Crippen LogP contribution in [0.15, 0.2) is 34.8 Å². The summed E-state index contributed by atoms with van der Waals surface area (Å²) < 4.78 is 5.98. The predicted molar refractivity (Wildman–Crippen MR) is 82.0 cm³/mol. The molecule has 4 nitrogen and oxygen atoms in total. The van der Waals surface area contributed by atoms with Crippen LogP contribution in [0.4, 0.5) is 0 Å². The number of esters is 1. The van der Waals surface area contributed by atoms with Crippen molar-refractivity contribution in [2.24, 2.45) is 0 Å². The lowest BCUT2D eigenvalue weighted by molar-refractivity contribution is -0.150. The normalized spacial score (nSPS) is 12.4. The van der Waals surface area contributed by atoms with Crippen LogP contribution < -0.4 is 5.32 Å². The number of rotatable bonds is 5. The second-order valence-electron chi connectivity index (χ2n) is 4.63. The highest BCUT2D eigenvalue weighted by molar-refractivity contribution is 9.10. The Morgan fingerprint density at radius 1 is 1.20 bits per heavy atom. The van der Waals surface area contributed by atoms with E-state index in [4.69, 9.17) is 4.74 Å². The zero-order chi connectivity index (χ0) is 15.1. The average molecular weight is 340 g/mol. The Bertz CT molecular complexity index is 494. The molecule has 5 heteroatoms. The Balaban J connectivity index is 2.50. The first kappa shape index (κ1) is 16.4. The Kier molecular flexibility index (Phi) is 6.45. The highest BCUT2D eigenvalue weighted by Crippen LogP contribution is 2.11. The molecule has 1 aromatic carbocycles. The number of hydrogen-bond donors (Lipinski definition) is 1. The Hall–Kier alpha value is -1.62. The maximum atomic E-state index is 11.6. The van der Waals surface area contributed by atoms with Crippen LogP contribution in [-0.4, -0.2) is 24.0 Å². The summed E-state index contributed by atoms with van der Waals surface area (Å²) in [4.78, 5) is 23.2. The summed E-state index contributed by atoms with van der Waals surface area (Å²) >= 11 is 3.33. The summed E-state index contributed by atoms with van der Waals surface area (Å²) in [7, 11) is 0. The molecule has 0 radical (unpaired) electrons. The van der Waals surface area contributed by atoms with Gasteiger partial charge in [0.15, 0.2) is 6.10 Å². The van der Waals surface area contributed by atoms with E-state index < -0.39 is 12.1 Å². The zero-order valence-corrected chi connectivity index (χ0v) is 13.3. The van der Waals surface area contributed by atoms with Crippen molar-refractivity contribution in [2.45, 2.75) is 32.9 Å². The molecule has 0 saturated carbocycles. The minimum Gasteiger partial charge on any atom is -0.449 e. The van der Waals surface area contributed by atoms with Crippen molar-refractivity contribution in [1.29, 1.82) is 0 Å². The largest absolute Gasteiger partial charge is 0.449 e. The average Bonchev–Trinajstić information content (AvgIpc) is 2.37. The number of carbonyl (C=O) groups excluding carboxylic acids is 2. The Morgan fingerprint density at radius 2 is 1.80 bits per heavy atom. The van der Waals surface area contributed by atoms with Crippen LogP contribution in [0.3, 0.4) is 0 Å². The number of carbonyl (C=O) groups is 2. The highest BCUT2D eigenvalue weighted by Gasteiger charge is 2.16. The molecule has 20 heavy (non-hydrogen) atoms. The van der Waals surface area contributed by atoms with Gasteiger partial charge in [-0.15, -0.1) is 0 Å².